The largest absolute Gasteiger partial charge is 0.483 e. The molecule has 0 unspecified atom stereocenters. The van der Waals surface area contributed by atoms with Gasteiger partial charge in [-0.15, -0.1) is 0 Å². The van der Waals surface area contributed by atoms with Crippen LogP contribution in [0.2, 0.25) is 0 Å². The van der Waals surface area contributed by atoms with E-state index in [1.54, 1.807) is 6.07 Å². The van der Waals surface area contributed by atoms with E-state index in [2.05, 4.69) is 28.3 Å². The van der Waals surface area contributed by atoms with Crippen molar-refractivity contribution < 1.29 is 13.9 Å². The van der Waals surface area contributed by atoms with E-state index in [9.17, 15) is 9.18 Å². The van der Waals surface area contributed by atoms with Crippen LogP contribution in [0.25, 0.3) is 6.08 Å². The standard InChI is InChI=1S/C25H31FN4O2/c1-25(2)11-8-19-14-18(4-7-23(19)32-25)15-28-24(31)30(22-9-12-29(3)13-10-22)17-21-6-5-20(26)16-27-21/h4-8,11,14,16,22H,9-10,12-13,15,17H2,1-3H3,(H,28,31). The Morgan fingerprint density at radius 1 is 1.28 bits per heavy atom. The van der Waals surface area contributed by atoms with Crippen LogP contribution in [0.3, 0.4) is 0 Å². The van der Waals surface area contributed by atoms with Gasteiger partial charge in [-0.05, 0) is 82.7 Å². The highest BCUT2D eigenvalue weighted by Gasteiger charge is 2.27. The number of hydrogen-bond donors (Lipinski definition) is 1. The third kappa shape index (κ3) is 5.46. The van der Waals surface area contributed by atoms with Crippen molar-refractivity contribution in [2.45, 2.75) is 51.4 Å². The number of rotatable bonds is 5. The second kappa shape index (κ2) is 9.28. The summed E-state index contributed by atoms with van der Waals surface area (Å²) in [5.41, 5.74) is 2.39. The Morgan fingerprint density at radius 3 is 2.78 bits per heavy atom. The smallest absolute Gasteiger partial charge is 0.318 e. The fraction of sp³-hybridized carbons (Fsp3) is 0.440. The summed E-state index contributed by atoms with van der Waals surface area (Å²) in [6.07, 6.45) is 7.11. The van der Waals surface area contributed by atoms with Crippen molar-refractivity contribution in [1.82, 2.24) is 20.1 Å². The maximum Gasteiger partial charge on any atom is 0.318 e. The minimum Gasteiger partial charge on any atom is -0.483 e. The molecular weight excluding hydrogens is 407 g/mol. The molecule has 4 rings (SSSR count). The molecule has 7 heteroatoms. The molecular formula is C25H31FN4O2. The monoisotopic (exact) mass is 438 g/mol. The number of aromatic nitrogens is 1. The van der Waals surface area contributed by atoms with E-state index in [1.165, 1.54) is 12.3 Å². The van der Waals surface area contributed by atoms with Gasteiger partial charge >= 0.3 is 6.03 Å². The van der Waals surface area contributed by atoms with Crippen LogP contribution in [-0.2, 0) is 13.1 Å². The first-order valence-electron chi connectivity index (χ1n) is 11.1. The van der Waals surface area contributed by atoms with Crippen LogP contribution in [0.1, 0.15) is 43.5 Å². The van der Waals surface area contributed by atoms with Gasteiger partial charge in [-0.3, -0.25) is 4.98 Å². The van der Waals surface area contributed by atoms with Crippen molar-refractivity contribution in [2.75, 3.05) is 20.1 Å². The number of likely N-dealkylation sites (tertiary alicyclic amines) is 1. The zero-order chi connectivity index (χ0) is 22.7. The van der Waals surface area contributed by atoms with Gasteiger partial charge in [0.25, 0.3) is 0 Å². The van der Waals surface area contributed by atoms with Gasteiger partial charge in [-0.25, -0.2) is 9.18 Å². The number of pyridine rings is 1. The van der Waals surface area contributed by atoms with Crippen molar-refractivity contribution in [2.24, 2.45) is 0 Å². The zero-order valence-corrected chi connectivity index (χ0v) is 19.0. The number of nitrogens with zero attached hydrogens (tertiary/aromatic N) is 3. The van der Waals surface area contributed by atoms with Crippen molar-refractivity contribution in [1.29, 1.82) is 0 Å². The Bertz CT molecular complexity index is 982. The van der Waals surface area contributed by atoms with Crippen LogP contribution in [0.4, 0.5) is 9.18 Å². The molecule has 0 aliphatic carbocycles. The van der Waals surface area contributed by atoms with Gasteiger partial charge in [0.15, 0.2) is 0 Å². The van der Waals surface area contributed by atoms with Crippen molar-refractivity contribution >= 4 is 12.1 Å². The summed E-state index contributed by atoms with van der Waals surface area (Å²) in [5, 5.41) is 3.07. The summed E-state index contributed by atoms with van der Waals surface area (Å²) in [6, 6.07) is 9.01. The summed E-state index contributed by atoms with van der Waals surface area (Å²) < 4.78 is 19.3. The molecule has 1 aromatic carbocycles. The van der Waals surface area contributed by atoms with Crippen molar-refractivity contribution in [3.63, 3.8) is 0 Å². The number of halogens is 1. The number of nitrogens with one attached hydrogen (secondary N) is 1. The molecule has 0 spiro atoms. The Kier molecular flexibility index (Phi) is 6.46. The summed E-state index contributed by atoms with van der Waals surface area (Å²) in [4.78, 5) is 21.5. The van der Waals surface area contributed by atoms with Crippen LogP contribution in [-0.4, -0.2) is 52.6 Å². The van der Waals surface area contributed by atoms with E-state index >= 15 is 0 Å². The average Bonchev–Trinajstić information content (AvgIpc) is 2.77. The first kappa shape index (κ1) is 22.3. The molecule has 0 bridgehead atoms. The minimum absolute atomic E-state index is 0.125. The van der Waals surface area contributed by atoms with Crippen molar-refractivity contribution in [3.8, 4) is 5.75 Å². The van der Waals surface area contributed by atoms with Crippen LogP contribution in [0.15, 0.2) is 42.6 Å². The number of ether oxygens (including phenoxy) is 1. The SMILES string of the molecule is CN1CCC(N(Cc2ccc(F)cn2)C(=O)NCc2ccc3c(c2)C=CC(C)(C)O3)CC1. The topological polar surface area (TPSA) is 57.7 Å². The van der Waals surface area contributed by atoms with Crippen LogP contribution < -0.4 is 10.1 Å². The van der Waals surface area contributed by atoms with E-state index < -0.39 is 0 Å². The second-order valence-corrected chi connectivity index (χ2v) is 9.20. The summed E-state index contributed by atoms with van der Waals surface area (Å²) in [6.45, 7) is 6.71. The lowest BCUT2D eigenvalue weighted by Gasteiger charge is -2.37. The first-order chi connectivity index (χ1) is 15.3. The lowest BCUT2D eigenvalue weighted by atomic mass is 10.0. The molecule has 0 atom stereocenters. The zero-order valence-electron chi connectivity index (χ0n) is 19.0. The number of hydrogen-bond acceptors (Lipinski definition) is 4. The van der Waals surface area contributed by atoms with Gasteiger partial charge in [0, 0.05) is 18.2 Å². The number of benzene rings is 1. The Morgan fingerprint density at radius 2 is 2.06 bits per heavy atom. The van der Waals surface area contributed by atoms with E-state index in [0.717, 1.165) is 42.8 Å². The maximum absolute atomic E-state index is 13.3. The molecule has 2 aromatic rings. The molecule has 1 aromatic heterocycles. The van der Waals surface area contributed by atoms with Crippen LogP contribution >= 0.6 is 0 Å². The number of carbonyl (C=O) groups excluding carboxylic acids is 1. The predicted octanol–water partition coefficient (Wildman–Crippen LogP) is 4.21. The van der Waals surface area contributed by atoms with Gasteiger partial charge < -0.3 is 19.9 Å². The number of fused-ring (bicyclic) bond motifs is 1. The summed E-state index contributed by atoms with van der Waals surface area (Å²) in [7, 11) is 2.09. The molecule has 2 amide bonds. The van der Waals surface area contributed by atoms with Crippen LogP contribution in [0, 0.1) is 5.82 Å². The molecule has 1 saturated heterocycles. The molecule has 6 nitrogen and oxygen atoms in total. The number of urea groups is 1. The van der Waals surface area contributed by atoms with E-state index in [0.29, 0.717) is 18.8 Å². The predicted molar refractivity (Wildman–Crippen MR) is 123 cm³/mol. The van der Waals surface area contributed by atoms with Gasteiger partial charge in [-0.2, -0.15) is 0 Å². The summed E-state index contributed by atoms with van der Waals surface area (Å²) in [5.74, 6) is 0.473. The lowest BCUT2D eigenvalue weighted by Crippen LogP contribution is -2.49. The van der Waals surface area contributed by atoms with Gasteiger partial charge in [0.1, 0.15) is 17.2 Å². The molecule has 1 fully saturated rings. The molecule has 3 heterocycles. The quantitative estimate of drug-likeness (QED) is 0.760. The van der Waals surface area contributed by atoms with Crippen molar-refractivity contribution in [3.05, 3.63) is 65.2 Å². The molecule has 2 aliphatic rings. The van der Waals surface area contributed by atoms with Crippen LogP contribution in [0.5, 0.6) is 5.75 Å². The summed E-state index contributed by atoms with van der Waals surface area (Å²) >= 11 is 0. The highest BCUT2D eigenvalue weighted by atomic mass is 19.1. The Labute approximate surface area is 189 Å². The molecule has 1 N–H and O–H groups in total. The van der Waals surface area contributed by atoms with E-state index in [1.807, 2.05) is 43.0 Å². The Balaban J connectivity index is 1.44. The van der Waals surface area contributed by atoms with E-state index in [4.69, 9.17) is 4.74 Å². The van der Waals surface area contributed by atoms with E-state index in [-0.39, 0.29) is 23.5 Å². The Hall–Kier alpha value is -2.93. The van der Waals surface area contributed by atoms with Gasteiger partial charge in [0.05, 0.1) is 18.4 Å². The molecule has 0 radical (unpaired) electrons. The van der Waals surface area contributed by atoms with Gasteiger partial charge in [0.2, 0.25) is 0 Å². The molecule has 2 aliphatic heterocycles. The number of piperidine rings is 1. The lowest BCUT2D eigenvalue weighted by molar-refractivity contribution is 0.126. The number of carbonyl (C=O) groups is 1. The molecule has 32 heavy (non-hydrogen) atoms. The highest BCUT2D eigenvalue weighted by Crippen LogP contribution is 2.31. The average molecular weight is 439 g/mol. The molecule has 0 saturated carbocycles. The minimum atomic E-state index is -0.377. The first-order valence-corrected chi connectivity index (χ1v) is 11.1. The third-order valence-corrected chi connectivity index (χ3v) is 6.07. The number of amides is 2. The maximum atomic E-state index is 13.3. The second-order valence-electron chi connectivity index (χ2n) is 9.20. The fourth-order valence-corrected chi connectivity index (χ4v) is 4.17. The highest BCUT2D eigenvalue weighted by molar-refractivity contribution is 5.74. The normalized spacial score (nSPS) is 18.0. The molecule has 170 valence electrons. The third-order valence-electron chi connectivity index (χ3n) is 6.07. The van der Waals surface area contributed by atoms with Gasteiger partial charge in [-0.1, -0.05) is 12.1 Å². The fourth-order valence-electron chi connectivity index (χ4n) is 4.17.